The number of H-pyrrole nitrogens is 1. The number of rotatable bonds is 4. The van der Waals surface area contributed by atoms with E-state index < -0.39 is 12.1 Å². The van der Waals surface area contributed by atoms with Crippen LogP contribution in [-0.4, -0.2) is 69.6 Å². The Balaban J connectivity index is 1.21. The summed E-state index contributed by atoms with van der Waals surface area (Å²) in [6.45, 7) is 2.20. The number of aromatic amines is 1. The van der Waals surface area contributed by atoms with E-state index in [9.17, 15) is 22.8 Å². The molecule has 1 N–H and O–H groups in total. The van der Waals surface area contributed by atoms with Crippen molar-refractivity contribution in [3.63, 3.8) is 0 Å². The van der Waals surface area contributed by atoms with Gasteiger partial charge in [-0.1, -0.05) is 16.8 Å². The molecule has 0 radical (unpaired) electrons. The van der Waals surface area contributed by atoms with Gasteiger partial charge in [0.05, 0.1) is 5.52 Å². The predicted molar refractivity (Wildman–Crippen MR) is 125 cm³/mol. The van der Waals surface area contributed by atoms with Crippen LogP contribution in [0.25, 0.3) is 17.1 Å². The van der Waals surface area contributed by atoms with Gasteiger partial charge in [-0.2, -0.15) is 0 Å². The highest BCUT2D eigenvalue weighted by atomic mass is 35.5. The van der Waals surface area contributed by atoms with Gasteiger partial charge in [0.25, 0.3) is 5.91 Å². The molecular weight excluding hydrogens is 499 g/mol. The average Bonchev–Trinajstić information content (AvgIpc) is 3.46. The van der Waals surface area contributed by atoms with Crippen LogP contribution in [0, 0.1) is 11.8 Å². The Bertz CT molecular complexity index is 1340. The van der Waals surface area contributed by atoms with Gasteiger partial charge in [-0.25, -0.2) is 0 Å². The van der Waals surface area contributed by atoms with E-state index in [4.69, 9.17) is 11.6 Å². The number of benzene rings is 2. The van der Waals surface area contributed by atoms with Crippen molar-refractivity contribution in [2.24, 2.45) is 11.8 Å². The van der Waals surface area contributed by atoms with Gasteiger partial charge >= 0.3 is 6.36 Å². The number of halogens is 4. The average molecular weight is 520 g/mol. The van der Waals surface area contributed by atoms with Crippen LogP contribution in [0.1, 0.15) is 22.3 Å². The molecule has 188 valence electrons. The summed E-state index contributed by atoms with van der Waals surface area (Å²) in [6.07, 6.45) is -1.33. The van der Waals surface area contributed by atoms with Gasteiger partial charge in [0.15, 0.2) is 0 Å². The van der Waals surface area contributed by atoms with Crippen LogP contribution in [-0.2, 0) is 4.79 Å². The molecule has 3 heterocycles. The number of carbonyl (C=O) groups is 2. The first kappa shape index (κ1) is 24.1. The van der Waals surface area contributed by atoms with Gasteiger partial charge in [-0.05, 0) is 66.3 Å². The van der Waals surface area contributed by atoms with Crippen LogP contribution in [0.2, 0.25) is 5.02 Å². The van der Waals surface area contributed by atoms with E-state index in [2.05, 4.69) is 20.1 Å². The summed E-state index contributed by atoms with van der Waals surface area (Å²) < 4.78 is 41.5. The number of aromatic nitrogens is 3. The quantitative estimate of drug-likeness (QED) is 0.523. The first-order valence-corrected chi connectivity index (χ1v) is 11.7. The zero-order valence-corrected chi connectivity index (χ0v) is 19.6. The molecule has 36 heavy (non-hydrogen) atoms. The van der Waals surface area contributed by atoms with E-state index in [1.807, 2.05) is 0 Å². The fraction of sp³-hybridized carbons (Fsp3) is 0.333. The predicted octanol–water partition coefficient (Wildman–Crippen LogP) is 4.14. The second-order valence-electron chi connectivity index (χ2n) is 8.95. The molecule has 2 atom stereocenters. The smallest absolute Gasteiger partial charge is 0.406 e. The molecular formula is C24H21ClF3N5O3. The Morgan fingerprint density at radius 1 is 1.08 bits per heavy atom. The molecule has 2 aliphatic heterocycles. The zero-order chi connectivity index (χ0) is 25.4. The highest BCUT2D eigenvalue weighted by Gasteiger charge is 2.39. The Morgan fingerprint density at radius 3 is 2.67 bits per heavy atom. The van der Waals surface area contributed by atoms with Crippen LogP contribution in [0.4, 0.5) is 13.2 Å². The standard InChI is InChI=1S/C24H21ClF3N5O3/c25-18-7-14(8-19(10-18)36-24(26,27)28)1-4-22(34)33-11-16-5-6-32(12-17(16)13-33)23(35)15-2-3-20-21(9-15)30-31-29-20/h1-4,7-10,16-17H,5-6,11-13H2,(H,29,30,31)/b4-1+. The number of carbonyl (C=O) groups excluding carboxylic acids is 2. The third-order valence-corrected chi connectivity index (χ3v) is 6.74. The maximum Gasteiger partial charge on any atom is 0.573 e. The lowest BCUT2D eigenvalue weighted by atomic mass is 9.88. The molecule has 12 heteroatoms. The SMILES string of the molecule is O=C(/C=C/c1cc(Cl)cc(OC(F)(F)F)c1)N1CC2CCN(C(=O)c3ccc4[nH]nnc4c3)CC2C1. The molecule has 2 unspecified atom stereocenters. The Morgan fingerprint density at radius 2 is 1.86 bits per heavy atom. The summed E-state index contributed by atoms with van der Waals surface area (Å²) in [7, 11) is 0. The molecule has 0 aliphatic carbocycles. The number of hydrogen-bond donors (Lipinski definition) is 1. The summed E-state index contributed by atoms with van der Waals surface area (Å²) in [4.78, 5) is 29.4. The Kier molecular flexibility index (Phi) is 6.33. The first-order valence-electron chi connectivity index (χ1n) is 11.3. The number of hydrogen-bond acceptors (Lipinski definition) is 5. The molecule has 2 aliphatic rings. The number of nitrogens with one attached hydrogen (secondary N) is 1. The molecule has 2 saturated heterocycles. The second kappa shape index (κ2) is 9.45. The van der Waals surface area contributed by atoms with Crippen molar-refractivity contribution in [3.05, 3.63) is 58.6 Å². The number of piperidine rings is 1. The van der Waals surface area contributed by atoms with E-state index in [1.165, 1.54) is 18.2 Å². The van der Waals surface area contributed by atoms with E-state index >= 15 is 0 Å². The maximum atomic E-state index is 13.1. The van der Waals surface area contributed by atoms with Crippen molar-refractivity contribution in [1.82, 2.24) is 25.2 Å². The zero-order valence-electron chi connectivity index (χ0n) is 18.8. The number of likely N-dealkylation sites (tertiary alicyclic amines) is 2. The Hall–Kier alpha value is -3.60. The molecule has 1 aromatic heterocycles. The van der Waals surface area contributed by atoms with Gasteiger partial charge in [-0.3, -0.25) is 14.7 Å². The van der Waals surface area contributed by atoms with Crippen molar-refractivity contribution in [3.8, 4) is 5.75 Å². The molecule has 2 amide bonds. The van der Waals surface area contributed by atoms with E-state index in [1.54, 1.807) is 28.0 Å². The van der Waals surface area contributed by atoms with E-state index in [0.717, 1.165) is 24.1 Å². The molecule has 3 aromatic rings. The fourth-order valence-electron chi connectivity index (χ4n) is 4.84. The summed E-state index contributed by atoms with van der Waals surface area (Å²) in [5, 5.41) is 10.5. The van der Waals surface area contributed by atoms with Crippen molar-refractivity contribution in [1.29, 1.82) is 0 Å². The van der Waals surface area contributed by atoms with Crippen LogP contribution < -0.4 is 4.74 Å². The van der Waals surface area contributed by atoms with Gasteiger partial charge in [0, 0.05) is 42.8 Å². The van der Waals surface area contributed by atoms with E-state index in [-0.39, 0.29) is 28.7 Å². The Labute approximate surface area is 208 Å². The fourth-order valence-corrected chi connectivity index (χ4v) is 5.07. The lowest BCUT2D eigenvalue weighted by molar-refractivity contribution is -0.274. The number of nitrogens with zero attached hydrogens (tertiary/aromatic N) is 4. The minimum atomic E-state index is -4.84. The minimum Gasteiger partial charge on any atom is -0.406 e. The normalized spacial score (nSPS) is 20.2. The summed E-state index contributed by atoms with van der Waals surface area (Å²) in [5.74, 6) is -0.365. The number of amides is 2. The van der Waals surface area contributed by atoms with Gasteiger partial charge < -0.3 is 14.5 Å². The summed E-state index contributed by atoms with van der Waals surface area (Å²) in [6, 6.07) is 8.88. The maximum absolute atomic E-state index is 13.1. The lowest BCUT2D eigenvalue weighted by Gasteiger charge is -2.34. The van der Waals surface area contributed by atoms with Crippen molar-refractivity contribution >= 4 is 40.5 Å². The molecule has 5 rings (SSSR count). The summed E-state index contributed by atoms with van der Waals surface area (Å²) >= 11 is 5.89. The van der Waals surface area contributed by atoms with Gasteiger partial charge in [0.2, 0.25) is 5.91 Å². The number of fused-ring (bicyclic) bond motifs is 2. The lowest BCUT2D eigenvalue weighted by Crippen LogP contribution is -2.43. The summed E-state index contributed by atoms with van der Waals surface area (Å²) in [5.41, 5.74) is 2.23. The van der Waals surface area contributed by atoms with Crippen LogP contribution in [0.5, 0.6) is 5.75 Å². The molecule has 8 nitrogen and oxygen atoms in total. The molecule has 2 aromatic carbocycles. The van der Waals surface area contributed by atoms with Crippen LogP contribution >= 0.6 is 11.6 Å². The van der Waals surface area contributed by atoms with E-state index in [0.29, 0.717) is 42.8 Å². The van der Waals surface area contributed by atoms with Crippen molar-refractivity contribution < 1.29 is 27.5 Å². The van der Waals surface area contributed by atoms with Crippen LogP contribution in [0.15, 0.2) is 42.5 Å². The third-order valence-electron chi connectivity index (χ3n) is 6.52. The molecule has 0 bridgehead atoms. The van der Waals surface area contributed by atoms with Crippen molar-refractivity contribution in [2.75, 3.05) is 26.2 Å². The van der Waals surface area contributed by atoms with Crippen LogP contribution in [0.3, 0.4) is 0 Å². The largest absolute Gasteiger partial charge is 0.573 e. The molecule has 2 fully saturated rings. The topological polar surface area (TPSA) is 91.4 Å². The first-order chi connectivity index (χ1) is 17.1. The van der Waals surface area contributed by atoms with Crippen molar-refractivity contribution in [2.45, 2.75) is 12.8 Å². The molecule has 0 saturated carbocycles. The third kappa shape index (κ3) is 5.30. The highest BCUT2D eigenvalue weighted by Crippen LogP contribution is 2.32. The molecule has 0 spiro atoms. The second-order valence-corrected chi connectivity index (χ2v) is 9.38. The minimum absolute atomic E-state index is 0.0588. The van der Waals surface area contributed by atoms with Gasteiger partial charge in [0.1, 0.15) is 11.3 Å². The monoisotopic (exact) mass is 519 g/mol. The number of ether oxygens (including phenoxy) is 1. The van der Waals surface area contributed by atoms with Gasteiger partial charge in [-0.15, -0.1) is 18.3 Å². The number of alkyl halides is 3. The highest BCUT2D eigenvalue weighted by molar-refractivity contribution is 6.30.